The second-order valence-corrected chi connectivity index (χ2v) is 6.25. The quantitative estimate of drug-likeness (QED) is 0.618. The highest BCUT2D eigenvalue weighted by Gasteiger charge is 2.03. The summed E-state index contributed by atoms with van der Waals surface area (Å²) in [5, 5.41) is 0.598. The number of hydrogen-bond donors (Lipinski definition) is 1. The smallest absolute Gasteiger partial charge is 0.133 e. The highest BCUT2D eigenvalue weighted by atomic mass is 79.9. The predicted molar refractivity (Wildman–Crippen MR) is 86.1 cm³/mol. The molecule has 0 heterocycles. The van der Waals surface area contributed by atoms with E-state index in [1.807, 2.05) is 24.3 Å². The van der Waals surface area contributed by atoms with E-state index in [-0.39, 0.29) is 0 Å². The number of benzene rings is 2. The average Bonchev–Trinajstić information content (AvgIpc) is 2.40. The SMILES string of the molecule is COc1ccc(CSc2ccc(N)c(Cl)c2)cc1Br. The first-order valence-electron chi connectivity index (χ1n) is 5.60. The van der Waals surface area contributed by atoms with Crippen LogP contribution in [0.25, 0.3) is 0 Å². The lowest BCUT2D eigenvalue weighted by molar-refractivity contribution is 0.412. The third kappa shape index (κ3) is 3.81. The van der Waals surface area contributed by atoms with Crippen molar-refractivity contribution in [2.45, 2.75) is 10.6 Å². The summed E-state index contributed by atoms with van der Waals surface area (Å²) in [4.78, 5) is 1.10. The maximum Gasteiger partial charge on any atom is 0.133 e. The summed E-state index contributed by atoms with van der Waals surface area (Å²) in [6.45, 7) is 0. The first-order valence-corrected chi connectivity index (χ1v) is 7.76. The molecule has 0 fully saturated rings. The maximum absolute atomic E-state index is 6.00. The number of halogens is 2. The van der Waals surface area contributed by atoms with Crippen LogP contribution in [0, 0.1) is 0 Å². The molecule has 5 heteroatoms. The molecule has 0 unspecified atom stereocenters. The van der Waals surface area contributed by atoms with Gasteiger partial charge in [-0.3, -0.25) is 0 Å². The van der Waals surface area contributed by atoms with Crippen molar-refractivity contribution < 1.29 is 4.74 Å². The largest absolute Gasteiger partial charge is 0.496 e. The average molecular weight is 359 g/mol. The molecule has 2 aromatic rings. The molecule has 0 saturated heterocycles. The van der Waals surface area contributed by atoms with Gasteiger partial charge in [-0.1, -0.05) is 17.7 Å². The van der Waals surface area contributed by atoms with Crippen LogP contribution in [0.1, 0.15) is 5.56 Å². The van der Waals surface area contributed by atoms with Crippen molar-refractivity contribution in [2.75, 3.05) is 12.8 Å². The Morgan fingerprint density at radius 2 is 2.05 bits per heavy atom. The molecule has 100 valence electrons. The van der Waals surface area contributed by atoms with E-state index >= 15 is 0 Å². The number of methoxy groups -OCH3 is 1. The number of anilines is 1. The van der Waals surface area contributed by atoms with Crippen LogP contribution in [0.4, 0.5) is 5.69 Å². The Kier molecular flexibility index (Phi) is 5.02. The minimum absolute atomic E-state index is 0.598. The summed E-state index contributed by atoms with van der Waals surface area (Å²) in [6.07, 6.45) is 0. The summed E-state index contributed by atoms with van der Waals surface area (Å²) in [6, 6.07) is 11.8. The van der Waals surface area contributed by atoms with Gasteiger partial charge in [-0.2, -0.15) is 0 Å². The second-order valence-electron chi connectivity index (χ2n) is 3.94. The molecule has 0 amide bonds. The Labute approximate surface area is 130 Å². The fraction of sp³-hybridized carbons (Fsp3) is 0.143. The van der Waals surface area contributed by atoms with Gasteiger partial charge in [0, 0.05) is 10.6 Å². The molecule has 0 aliphatic carbocycles. The lowest BCUT2D eigenvalue weighted by Gasteiger charge is -2.07. The molecular formula is C14H13BrClNOS. The van der Waals surface area contributed by atoms with Crippen molar-refractivity contribution >= 4 is 45.0 Å². The normalized spacial score (nSPS) is 10.5. The minimum Gasteiger partial charge on any atom is -0.496 e. The number of nitrogens with two attached hydrogens (primary N) is 1. The summed E-state index contributed by atoms with van der Waals surface area (Å²) >= 11 is 11.2. The van der Waals surface area contributed by atoms with Gasteiger partial charge in [0.05, 0.1) is 22.3 Å². The highest BCUT2D eigenvalue weighted by molar-refractivity contribution is 9.10. The number of hydrogen-bond acceptors (Lipinski definition) is 3. The van der Waals surface area contributed by atoms with Crippen molar-refractivity contribution in [2.24, 2.45) is 0 Å². The zero-order valence-corrected chi connectivity index (χ0v) is 13.5. The fourth-order valence-corrected chi connectivity index (χ4v) is 3.28. The van der Waals surface area contributed by atoms with Gasteiger partial charge < -0.3 is 10.5 Å². The van der Waals surface area contributed by atoms with Gasteiger partial charge in [-0.25, -0.2) is 0 Å². The molecule has 0 saturated carbocycles. The molecule has 2 aromatic carbocycles. The van der Waals surface area contributed by atoms with E-state index in [4.69, 9.17) is 22.1 Å². The molecule has 2 rings (SSSR count). The van der Waals surface area contributed by atoms with Gasteiger partial charge in [0.15, 0.2) is 0 Å². The van der Waals surface area contributed by atoms with Gasteiger partial charge in [0.25, 0.3) is 0 Å². The first-order chi connectivity index (χ1) is 9.10. The summed E-state index contributed by atoms with van der Waals surface area (Å²) in [5.74, 6) is 1.70. The van der Waals surface area contributed by atoms with E-state index in [2.05, 4.69) is 28.1 Å². The summed E-state index contributed by atoms with van der Waals surface area (Å²) in [7, 11) is 1.66. The third-order valence-electron chi connectivity index (χ3n) is 2.59. The Morgan fingerprint density at radius 1 is 1.26 bits per heavy atom. The van der Waals surface area contributed by atoms with Crippen LogP contribution in [0.2, 0.25) is 5.02 Å². The zero-order chi connectivity index (χ0) is 13.8. The van der Waals surface area contributed by atoms with Crippen LogP contribution in [0.15, 0.2) is 45.8 Å². The molecule has 0 spiro atoms. The summed E-state index contributed by atoms with van der Waals surface area (Å²) in [5.41, 5.74) is 7.51. The molecule has 19 heavy (non-hydrogen) atoms. The van der Waals surface area contributed by atoms with Crippen LogP contribution >= 0.6 is 39.3 Å². The molecular weight excluding hydrogens is 346 g/mol. The van der Waals surface area contributed by atoms with Gasteiger partial charge in [-0.05, 0) is 51.8 Å². The van der Waals surface area contributed by atoms with Gasteiger partial charge in [0.2, 0.25) is 0 Å². The molecule has 0 aromatic heterocycles. The molecule has 0 aliphatic rings. The van der Waals surface area contributed by atoms with Crippen molar-refractivity contribution in [1.82, 2.24) is 0 Å². The van der Waals surface area contributed by atoms with Crippen molar-refractivity contribution in [1.29, 1.82) is 0 Å². The molecule has 0 bridgehead atoms. The Hall–Kier alpha value is -0.840. The number of nitrogen functional groups attached to an aromatic ring is 1. The Morgan fingerprint density at radius 3 is 2.68 bits per heavy atom. The van der Waals surface area contributed by atoms with Crippen LogP contribution < -0.4 is 10.5 Å². The Bertz CT molecular complexity index is 592. The third-order valence-corrected chi connectivity index (χ3v) is 4.61. The standard InChI is InChI=1S/C14H13BrClNOS/c1-18-14-5-2-9(6-11(14)15)8-19-10-3-4-13(17)12(16)7-10/h2-7H,8,17H2,1H3. The van der Waals surface area contributed by atoms with E-state index in [9.17, 15) is 0 Å². The summed E-state index contributed by atoms with van der Waals surface area (Å²) < 4.78 is 6.17. The van der Waals surface area contributed by atoms with Crippen LogP contribution in [-0.2, 0) is 5.75 Å². The molecule has 0 radical (unpaired) electrons. The van der Waals surface area contributed by atoms with Crippen LogP contribution in [-0.4, -0.2) is 7.11 Å². The fourth-order valence-electron chi connectivity index (χ4n) is 1.56. The second kappa shape index (κ2) is 6.55. The van der Waals surface area contributed by atoms with E-state index in [1.165, 1.54) is 5.56 Å². The molecule has 0 atom stereocenters. The lowest BCUT2D eigenvalue weighted by atomic mass is 10.2. The number of rotatable bonds is 4. The van der Waals surface area contributed by atoms with Crippen molar-refractivity contribution in [3.05, 3.63) is 51.5 Å². The molecule has 2 N–H and O–H groups in total. The minimum atomic E-state index is 0.598. The van der Waals surface area contributed by atoms with Gasteiger partial charge in [-0.15, -0.1) is 11.8 Å². The highest BCUT2D eigenvalue weighted by Crippen LogP contribution is 2.31. The van der Waals surface area contributed by atoms with Crippen LogP contribution in [0.3, 0.4) is 0 Å². The number of ether oxygens (including phenoxy) is 1. The number of thioether (sulfide) groups is 1. The van der Waals surface area contributed by atoms with Gasteiger partial charge >= 0.3 is 0 Å². The lowest BCUT2D eigenvalue weighted by Crippen LogP contribution is -1.88. The van der Waals surface area contributed by atoms with Gasteiger partial charge in [0.1, 0.15) is 5.75 Å². The van der Waals surface area contributed by atoms with Crippen molar-refractivity contribution in [3.8, 4) is 5.75 Å². The van der Waals surface area contributed by atoms with E-state index in [1.54, 1.807) is 18.9 Å². The Balaban J connectivity index is 2.05. The predicted octanol–water partition coefficient (Wildman–Crippen LogP) is 4.99. The molecule has 2 nitrogen and oxygen atoms in total. The van der Waals surface area contributed by atoms with E-state index in [0.29, 0.717) is 10.7 Å². The topological polar surface area (TPSA) is 35.2 Å². The van der Waals surface area contributed by atoms with Crippen LogP contribution in [0.5, 0.6) is 5.75 Å². The van der Waals surface area contributed by atoms with E-state index in [0.717, 1.165) is 20.9 Å². The molecule has 0 aliphatic heterocycles. The maximum atomic E-state index is 6.00. The zero-order valence-electron chi connectivity index (χ0n) is 10.3. The first kappa shape index (κ1) is 14.6. The van der Waals surface area contributed by atoms with Crippen molar-refractivity contribution in [3.63, 3.8) is 0 Å². The van der Waals surface area contributed by atoms with E-state index < -0.39 is 0 Å². The monoisotopic (exact) mass is 357 g/mol.